The number of nitriles is 1. The van der Waals surface area contributed by atoms with Crippen LogP contribution in [0, 0.1) is 59.9 Å². The Kier molecular flexibility index (Phi) is 33.3. The number of ketones is 2. The van der Waals surface area contributed by atoms with Gasteiger partial charge < -0.3 is 20.9 Å². The van der Waals surface area contributed by atoms with Gasteiger partial charge in [-0.15, -0.1) is 6.42 Å². The Morgan fingerprint density at radius 1 is 0.582 bits per heavy atom. The number of hydrogen-bond acceptors (Lipinski definition) is 17. The van der Waals surface area contributed by atoms with Gasteiger partial charge in [0.1, 0.15) is 51.9 Å². The molecule has 9 heterocycles. The monoisotopic (exact) mass is 1370 g/mol. The standard InChI is InChI=1S/C16H21N3O2.C15H19N3O2.C10H10FN.C9H9ClN2.C9H11F2N.C8H9F2N.C8H12N2/c1-10(2)13(20)7-12-5-6-18-14(8-12)16(4)9-11(3)21-15(17)19-16;1-10(2)12(19)8-11-4-6-17-13(9-11)15(3)5-7-20-14(16)18-15;1-4-8-5-9(11)10(7(2)3)12-6-8;1-6(2)9-8(10)3-7(4-11)5-12-9;1-6(2)8-4-3-7(5-12-8)9(10)11;1-5(2)8-7(10)3-6(9)4-11-8;1-6(2)8-5-9-7(3)4-10-8/h5-6,8-10H,7H2,1-4H3,(H2,17,19);4-7,9-10H,8H2,1-3H3,(H2,16,18);1,5-7H,2-3H3;3,5-6H,1-2H3;3-6,9H,1-2H3;3-5H,1-2H3;4-6H,1-3H3/t16-;15-;;;;;/m00...../s1. The molecule has 17 nitrogen and oxygen atoms in total. The molecule has 2 atom stereocenters. The van der Waals surface area contributed by atoms with E-state index in [2.05, 4.69) is 69.6 Å². The molecule has 7 aromatic rings. The lowest BCUT2D eigenvalue weighted by Crippen LogP contribution is -2.30. The quantitative estimate of drug-likeness (QED) is 0.0758. The fourth-order valence-corrected chi connectivity index (χ4v) is 8.92. The van der Waals surface area contributed by atoms with Crippen molar-refractivity contribution in [1.29, 1.82) is 5.26 Å². The van der Waals surface area contributed by atoms with Gasteiger partial charge >= 0.3 is 0 Å². The normalized spacial score (nSPS) is 15.1. The molecule has 4 N–H and O–H groups in total. The van der Waals surface area contributed by atoms with Gasteiger partial charge in [-0.05, 0) is 129 Å². The number of aliphatic imine (C=N–C) groups is 2. The van der Waals surface area contributed by atoms with E-state index in [0.29, 0.717) is 58.0 Å². The summed E-state index contributed by atoms with van der Waals surface area (Å²) < 4.78 is 72.6. The molecule has 0 aliphatic carbocycles. The van der Waals surface area contributed by atoms with Crippen LogP contribution in [0.4, 0.5) is 22.0 Å². The van der Waals surface area contributed by atoms with Gasteiger partial charge in [-0.2, -0.15) is 5.26 Å². The number of nitrogens with two attached hydrogens (primary N) is 2. The predicted molar refractivity (Wildman–Crippen MR) is 375 cm³/mol. The van der Waals surface area contributed by atoms with Crippen molar-refractivity contribution in [2.24, 2.45) is 33.3 Å². The maximum absolute atomic E-state index is 13.1. The number of carbonyl (C=O) groups excluding carboxylic acids is 2. The average molecular weight is 1370 g/mol. The number of terminal acetylenes is 1. The maximum atomic E-state index is 13.1. The van der Waals surface area contributed by atoms with E-state index < -0.39 is 29.1 Å². The number of ether oxygens (including phenoxy) is 2. The molecule has 0 aromatic carbocycles. The number of alkyl halides is 2. The molecule has 0 saturated carbocycles. The highest BCUT2D eigenvalue weighted by atomic mass is 35.5. The third kappa shape index (κ3) is 27.4. The summed E-state index contributed by atoms with van der Waals surface area (Å²) in [4.78, 5) is 65.0. The van der Waals surface area contributed by atoms with Crippen LogP contribution in [0.2, 0.25) is 5.02 Å². The van der Waals surface area contributed by atoms with Crippen LogP contribution in [0.15, 0.2) is 138 Å². The number of amidine groups is 2. The average Bonchev–Trinajstić information content (AvgIpc) is 0.801. The molecule has 23 heteroatoms. The maximum Gasteiger partial charge on any atom is 0.288 e. The van der Waals surface area contributed by atoms with Gasteiger partial charge in [0.15, 0.2) is 0 Å². The van der Waals surface area contributed by atoms with Gasteiger partial charge in [0.2, 0.25) is 0 Å². The van der Waals surface area contributed by atoms with E-state index >= 15 is 0 Å². The van der Waals surface area contributed by atoms with E-state index in [4.69, 9.17) is 44.2 Å². The van der Waals surface area contributed by atoms with Crippen molar-refractivity contribution in [3.05, 3.63) is 224 Å². The summed E-state index contributed by atoms with van der Waals surface area (Å²) >= 11 is 5.89. The number of Topliss-reactive ketones (excluding diaryl/α,β-unsaturated/α-hetero) is 2. The number of aryl methyl sites for hydroxylation is 1. The number of allylic oxidation sites excluding steroid dienone is 1. The molecule has 0 saturated heterocycles. The minimum atomic E-state index is -2.42. The van der Waals surface area contributed by atoms with E-state index in [9.17, 15) is 31.5 Å². The molecule has 0 spiro atoms. The van der Waals surface area contributed by atoms with E-state index in [1.807, 2.05) is 153 Å². The Labute approximate surface area is 579 Å². The first kappa shape index (κ1) is 82.6. The zero-order chi connectivity index (χ0) is 73.8. The van der Waals surface area contributed by atoms with Gasteiger partial charge in [-0.1, -0.05) is 114 Å². The van der Waals surface area contributed by atoms with Crippen LogP contribution in [-0.4, -0.2) is 63.5 Å². The number of rotatable bonds is 14. The molecular weight excluding hydrogens is 1280 g/mol. The molecule has 0 amide bonds. The lowest BCUT2D eigenvalue weighted by Gasteiger charge is -2.26. The number of hydrogen-bond donors (Lipinski definition) is 2. The van der Waals surface area contributed by atoms with Crippen LogP contribution < -0.4 is 11.5 Å². The number of pyridine rings is 6. The van der Waals surface area contributed by atoms with Crippen molar-refractivity contribution in [2.45, 2.75) is 185 Å². The van der Waals surface area contributed by atoms with E-state index in [0.717, 1.165) is 57.6 Å². The largest absolute Gasteiger partial charge is 0.434 e. The van der Waals surface area contributed by atoms with Crippen molar-refractivity contribution < 1.29 is 41.0 Å². The molecule has 0 radical (unpaired) electrons. The lowest BCUT2D eigenvalue weighted by molar-refractivity contribution is -0.122. The number of nitrogens with zero attached hydrogens (tertiary/aromatic N) is 11. The minimum Gasteiger partial charge on any atom is -0.434 e. The molecule has 0 unspecified atom stereocenters. The van der Waals surface area contributed by atoms with Crippen LogP contribution in [0.3, 0.4) is 0 Å². The molecular formula is C75H91ClF5N13O4. The van der Waals surface area contributed by atoms with Gasteiger partial charge in [-0.25, -0.2) is 31.9 Å². The Morgan fingerprint density at radius 2 is 1.08 bits per heavy atom. The second kappa shape index (κ2) is 39.5. The molecule has 9 rings (SSSR count). The predicted octanol–water partition coefficient (Wildman–Crippen LogP) is 16.8. The van der Waals surface area contributed by atoms with Crippen LogP contribution >= 0.6 is 11.6 Å². The smallest absolute Gasteiger partial charge is 0.288 e. The van der Waals surface area contributed by atoms with E-state index in [1.54, 1.807) is 43.0 Å². The number of halogens is 6. The first-order valence-corrected chi connectivity index (χ1v) is 32.2. The molecule has 2 aliphatic heterocycles. The Bertz CT molecular complexity index is 3840. The molecule has 0 fully saturated rings. The van der Waals surface area contributed by atoms with Crippen molar-refractivity contribution in [3.8, 4) is 18.4 Å². The Balaban J connectivity index is 0.000000303. The zero-order valence-electron chi connectivity index (χ0n) is 59.1. The van der Waals surface area contributed by atoms with Crippen molar-refractivity contribution in [2.75, 3.05) is 0 Å². The fourth-order valence-electron chi connectivity index (χ4n) is 8.53. The highest BCUT2D eigenvalue weighted by molar-refractivity contribution is 6.31. The van der Waals surface area contributed by atoms with E-state index in [-0.39, 0.29) is 64.6 Å². The highest BCUT2D eigenvalue weighted by Crippen LogP contribution is 2.32. The molecule has 7 aromatic heterocycles. The summed E-state index contributed by atoms with van der Waals surface area (Å²) in [6.45, 7) is 34.8. The Hall–Kier alpha value is -9.67. The fraction of sp³-hybridized carbons (Fsp3) is 0.400. The number of aromatic nitrogens is 8. The molecule has 0 bridgehead atoms. The Morgan fingerprint density at radius 3 is 1.50 bits per heavy atom. The zero-order valence-corrected chi connectivity index (χ0v) is 59.9. The van der Waals surface area contributed by atoms with Crippen LogP contribution in [-0.2, 0) is 43.0 Å². The third-order valence-electron chi connectivity index (χ3n) is 14.3. The minimum absolute atomic E-state index is 0.00407. The summed E-state index contributed by atoms with van der Waals surface area (Å²) in [7, 11) is 0. The van der Waals surface area contributed by atoms with Gasteiger partial charge in [0.05, 0.1) is 62.9 Å². The van der Waals surface area contributed by atoms with Crippen molar-refractivity contribution in [3.63, 3.8) is 0 Å². The van der Waals surface area contributed by atoms with Crippen molar-refractivity contribution in [1.82, 2.24) is 39.9 Å². The van der Waals surface area contributed by atoms with Crippen molar-refractivity contribution >= 4 is 35.2 Å². The lowest BCUT2D eigenvalue weighted by atomic mass is 9.93. The first-order chi connectivity index (χ1) is 45.9. The SMILES string of the molecule is C#Cc1cnc(C(C)C)c(F)c1.CC(C)C(=O)Cc1ccnc([C@]2(C)C=COC(N)=N2)c1.CC(C)c1ccc(C(F)F)cn1.CC(C)c1ncc(C#N)cc1Cl.CC(C)c1ncc(F)cc1F.CC1=C[C@@](C)(c2cc(CC(=O)C(C)C)ccn2)N=C(N)O1.Cc1cnc(C(C)C)cn1. The summed E-state index contributed by atoms with van der Waals surface area (Å²) in [5.74, 6) is 3.12. The summed E-state index contributed by atoms with van der Waals surface area (Å²) in [6.07, 6.45) is 21.0. The van der Waals surface area contributed by atoms with Crippen LogP contribution in [0.5, 0.6) is 0 Å². The van der Waals surface area contributed by atoms with Gasteiger partial charge in [0.25, 0.3) is 18.5 Å². The van der Waals surface area contributed by atoms with Gasteiger partial charge in [-0.3, -0.25) is 49.5 Å². The summed E-state index contributed by atoms with van der Waals surface area (Å²) in [5, 5.41) is 9.12. The van der Waals surface area contributed by atoms with Crippen LogP contribution in [0.25, 0.3) is 0 Å². The molecule has 2 aliphatic rings. The topological polar surface area (TPSA) is 256 Å². The van der Waals surface area contributed by atoms with E-state index in [1.165, 1.54) is 30.8 Å². The number of carbonyl (C=O) groups is 2. The highest BCUT2D eigenvalue weighted by Gasteiger charge is 2.31. The van der Waals surface area contributed by atoms with Gasteiger partial charge in [0, 0.05) is 90.9 Å². The third-order valence-corrected chi connectivity index (χ3v) is 14.6. The molecule has 522 valence electrons. The first-order valence-electron chi connectivity index (χ1n) is 31.8. The summed E-state index contributed by atoms with van der Waals surface area (Å²) in [6, 6.07) is 16.6. The summed E-state index contributed by atoms with van der Waals surface area (Å²) in [5.41, 5.74) is 18.8. The second-order valence-corrected chi connectivity index (χ2v) is 25.7. The second-order valence-electron chi connectivity index (χ2n) is 25.3. The molecule has 98 heavy (non-hydrogen) atoms. The van der Waals surface area contributed by atoms with Crippen LogP contribution in [0.1, 0.15) is 227 Å².